The third kappa shape index (κ3) is 2.65. The van der Waals surface area contributed by atoms with Gasteiger partial charge in [0.15, 0.2) is 0 Å². The lowest BCUT2D eigenvalue weighted by Gasteiger charge is -2.43. The van der Waals surface area contributed by atoms with Crippen molar-refractivity contribution in [3.63, 3.8) is 0 Å². The van der Waals surface area contributed by atoms with E-state index in [-0.39, 0.29) is 6.04 Å². The lowest BCUT2D eigenvalue weighted by atomic mass is 9.79. The quantitative estimate of drug-likeness (QED) is 0.815. The number of fused-ring (bicyclic) bond motifs is 1. The Balaban J connectivity index is 1.93. The van der Waals surface area contributed by atoms with E-state index >= 15 is 0 Å². The van der Waals surface area contributed by atoms with Crippen molar-refractivity contribution in [1.82, 2.24) is 9.29 Å². The van der Waals surface area contributed by atoms with Gasteiger partial charge in [-0.15, -0.1) is 0 Å². The van der Waals surface area contributed by atoms with Gasteiger partial charge in [-0.05, 0) is 53.6 Å². The van der Waals surface area contributed by atoms with E-state index in [0.29, 0.717) is 21.8 Å². The van der Waals surface area contributed by atoms with E-state index in [2.05, 4.69) is 20.9 Å². The molecule has 6 heteroatoms. The number of aromatic nitrogens is 1. The molecule has 0 N–H and O–H groups in total. The number of pyridine rings is 1. The van der Waals surface area contributed by atoms with Crippen molar-refractivity contribution in [2.45, 2.75) is 49.5 Å². The number of nitrogens with zero attached hydrogens (tertiary/aromatic N) is 2. The lowest BCUT2D eigenvalue weighted by Crippen LogP contribution is -2.49. The average molecular weight is 359 g/mol. The molecule has 2 fully saturated rings. The first-order chi connectivity index (χ1) is 9.59. The molecular formula is C14H19BrN2O2S. The van der Waals surface area contributed by atoms with Gasteiger partial charge >= 0.3 is 0 Å². The fourth-order valence-corrected chi connectivity index (χ4v) is 5.81. The average Bonchev–Trinajstić information content (AvgIpc) is 2.46. The fourth-order valence-electron chi connectivity index (χ4n) is 3.55. The van der Waals surface area contributed by atoms with E-state index in [4.69, 9.17) is 0 Å². The van der Waals surface area contributed by atoms with Crippen molar-refractivity contribution in [2.75, 3.05) is 6.54 Å². The van der Waals surface area contributed by atoms with Gasteiger partial charge in [-0.2, -0.15) is 4.31 Å². The molecule has 110 valence electrons. The predicted octanol–water partition coefficient (Wildman–Crippen LogP) is 3.19. The zero-order valence-electron chi connectivity index (χ0n) is 11.3. The second-order valence-corrected chi connectivity index (χ2v) is 8.51. The van der Waals surface area contributed by atoms with Gasteiger partial charge in [-0.3, -0.25) is 4.98 Å². The maximum absolute atomic E-state index is 12.9. The van der Waals surface area contributed by atoms with Crippen molar-refractivity contribution in [3.05, 3.63) is 22.9 Å². The van der Waals surface area contributed by atoms with Gasteiger partial charge in [-0.25, -0.2) is 8.42 Å². The van der Waals surface area contributed by atoms with Gasteiger partial charge in [0.05, 0.1) is 0 Å². The van der Waals surface area contributed by atoms with E-state index in [1.165, 1.54) is 25.5 Å². The summed E-state index contributed by atoms with van der Waals surface area (Å²) in [6.07, 6.45) is 9.77. The summed E-state index contributed by atoms with van der Waals surface area (Å²) in [6.45, 7) is 0.649. The molecule has 0 radical (unpaired) electrons. The summed E-state index contributed by atoms with van der Waals surface area (Å²) in [7, 11) is -3.41. The summed E-state index contributed by atoms with van der Waals surface area (Å²) in [6, 6.07) is 1.84. The molecule has 0 aromatic carbocycles. The Morgan fingerprint density at radius 2 is 1.90 bits per heavy atom. The summed E-state index contributed by atoms with van der Waals surface area (Å²) < 4.78 is 28.2. The molecule has 0 unspecified atom stereocenters. The Kier molecular flexibility index (Phi) is 4.15. The minimum atomic E-state index is -3.41. The van der Waals surface area contributed by atoms with E-state index in [1.807, 2.05) is 0 Å². The molecule has 3 rings (SSSR count). The molecule has 1 aliphatic carbocycles. The van der Waals surface area contributed by atoms with Crippen LogP contribution in [0.1, 0.15) is 38.5 Å². The monoisotopic (exact) mass is 358 g/mol. The van der Waals surface area contributed by atoms with Gasteiger partial charge < -0.3 is 0 Å². The van der Waals surface area contributed by atoms with Crippen LogP contribution in [0.3, 0.4) is 0 Å². The summed E-state index contributed by atoms with van der Waals surface area (Å²) >= 11 is 3.30. The van der Waals surface area contributed by atoms with Crippen LogP contribution in [0.4, 0.5) is 0 Å². The second kappa shape index (κ2) is 5.73. The molecule has 2 aliphatic rings. The zero-order valence-corrected chi connectivity index (χ0v) is 13.7. The van der Waals surface area contributed by atoms with Crippen molar-refractivity contribution < 1.29 is 8.42 Å². The molecule has 2 atom stereocenters. The van der Waals surface area contributed by atoms with Crippen LogP contribution in [-0.2, 0) is 10.0 Å². The summed E-state index contributed by atoms with van der Waals surface area (Å²) in [5.74, 6) is 0.549. The van der Waals surface area contributed by atoms with Crippen LogP contribution in [-0.4, -0.2) is 30.3 Å². The van der Waals surface area contributed by atoms with Gasteiger partial charge in [0.2, 0.25) is 10.0 Å². The number of hydrogen-bond donors (Lipinski definition) is 0. The molecule has 1 saturated heterocycles. The van der Waals surface area contributed by atoms with Crippen LogP contribution in [0.15, 0.2) is 27.8 Å². The Bertz CT molecular complexity index is 589. The second-order valence-electron chi connectivity index (χ2n) is 5.71. The summed E-state index contributed by atoms with van der Waals surface area (Å²) in [5, 5.41) is 0. The minimum absolute atomic E-state index is 0.196. The predicted molar refractivity (Wildman–Crippen MR) is 80.8 cm³/mol. The maximum Gasteiger partial charge on any atom is 0.244 e. The lowest BCUT2D eigenvalue weighted by molar-refractivity contribution is 0.129. The highest BCUT2D eigenvalue weighted by atomic mass is 79.9. The van der Waals surface area contributed by atoms with Crippen LogP contribution in [0.25, 0.3) is 0 Å². The number of rotatable bonds is 2. The standard InChI is InChI=1S/C14H19BrN2O2S/c15-12-8-13(10-16-9-12)20(18,19)17-7-3-5-11-4-1-2-6-14(11)17/h8-11,14H,1-7H2/t11-,14-/m1/s1. The number of sulfonamides is 1. The Hall–Kier alpha value is -0.460. The highest BCUT2D eigenvalue weighted by Gasteiger charge is 2.39. The SMILES string of the molecule is O=S(=O)(c1cncc(Br)c1)N1CCC[C@H]2CCCC[C@H]21. The minimum Gasteiger partial charge on any atom is -0.262 e. The molecule has 1 aromatic heterocycles. The van der Waals surface area contributed by atoms with Crippen LogP contribution in [0.5, 0.6) is 0 Å². The third-order valence-corrected chi connectivity index (χ3v) is 6.80. The number of hydrogen-bond acceptors (Lipinski definition) is 3. The Morgan fingerprint density at radius 1 is 1.15 bits per heavy atom. The maximum atomic E-state index is 12.9. The molecule has 0 spiro atoms. The molecule has 0 amide bonds. The summed E-state index contributed by atoms with van der Waals surface area (Å²) in [5.41, 5.74) is 0. The normalized spacial score (nSPS) is 28.1. The molecule has 4 nitrogen and oxygen atoms in total. The summed E-state index contributed by atoms with van der Waals surface area (Å²) in [4.78, 5) is 4.30. The first kappa shape index (κ1) is 14.5. The molecule has 2 heterocycles. The van der Waals surface area contributed by atoms with Crippen LogP contribution in [0.2, 0.25) is 0 Å². The third-order valence-electron chi connectivity index (χ3n) is 4.48. The topological polar surface area (TPSA) is 50.3 Å². The zero-order chi connectivity index (χ0) is 14.2. The van der Waals surface area contributed by atoms with Crippen molar-refractivity contribution in [1.29, 1.82) is 0 Å². The van der Waals surface area contributed by atoms with Crippen LogP contribution < -0.4 is 0 Å². The van der Waals surface area contributed by atoms with Crippen molar-refractivity contribution in [3.8, 4) is 0 Å². The van der Waals surface area contributed by atoms with Crippen molar-refractivity contribution in [2.24, 2.45) is 5.92 Å². The van der Waals surface area contributed by atoms with Gasteiger partial charge in [0.1, 0.15) is 4.90 Å². The fraction of sp³-hybridized carbons (Fsp3) is 0.643. The molecule has 1 aliphatic heterocycles. The van der Waals surface area contributed by atoms with E-state index in [0.717, 1.165) is 19.3 Å². The highest BCUT2D eigenvalue weighted by Crippen LogP contribution is 2.38. The molecule has 20 heavy (non-hydrogen) atoms. The Morgan fingerprint density at radius 3 is 2.70 bits per heavy atom. The smallest absolute Gasteiger partial charge is 0.244 e. The highest BCUT2D eigenvalue weighted by molar-refractivity contribution is 9.10. The van der Waals surface area contributed by atoms with Crippen LogP contribution in [0, 0.1) is 5.92 Å². The molecule has 1 saturated carbocycles. The first-order valence-electron chi connectivity index (χ1n) is 7.21. The van der Waals surface area contributed by atoms with Gasteiger partial charge in [0.25, 0.3) is 0 Å². The molecular weight excluding hydrogens is 340 g/mol. The molecule has 0 bridgehead atoms. The van der Waals surface area contributed by atoms with Crippen molar-refractivity contribution >= 4 is 26.0 Å². The van der Waals surface area contributed by atoms with Crippen LogP contribution >= 0.6 is 15.9 Å². The van der Waals surface area contributed by atoms with E-state index in [9.17, 15) is 8.42 Å². The Labute approximate surface area is 128 Å². The first-order valence-corrected chi connectivity index (χ1v) is 9.45. The number of halogens is 1. The molecule has 1 aromatic rings. The van der Waals surface area contributed by atoms with E-state index < -0.39 is 10.0 Å². The number of piperidine rings is 1. The largest absolute Gasteiger partial charge is 0.262 e. The van der Waals surface area contributed by atoms with Gasteiger partial charge in [0, 0.05) is 29.5 Å². The van der Waals surface area contributed by atoms with E-state index in [1.54, 1.807) is 16.6 Å². The van der Waals surface area contributed by atoms with Gasteiger partial charge in [-0.1, -0.05) is 12.8 Å².